The molecule has 2 aliphatic rings. The van der Waals surface area contributed by atoms with Gasteiger partial charge in [0, 0.05) is 13.0 Å². The fraction of sp³-hybridized carbons (Fsp3) is 0.632. The maximum Gasteiger partial charge on any atom is 0.0967 e. The van der Waals surface area contributed by atoms with Crippen molar-refractivity contribution in [2.24, 2.45) is 4.99 Å². The zero-order chi connectivity index (χ0) is 15.0. The van der Waals surface area contributed by atoms with Crippen molar-refractivity contribution in [2.45, 2.75) is 72.3 Å². The van der Waals surface area contributed by atoms with Crippen LogP contribution in [0.3, 0.4) is 0 Å². The highest BCUT2D eigenvalue weighted by molar-refractivity contribution is 5.84. The van der Waals surface area contributed by atoms with Crippen molar-refractivity contribution in [1.82, 2.24) is 5.32 Å². The molecule has 1 aliphatic heterocycles. The average Bonchev–Trinajstić information content (AvgIpc) is 2.89. The van der Waals surface area contributed by atoms with Gasteiger partial charge in [-0.2, -0.15) is 0 Å². The molecule has 2 nitrogen and oxygen atoms in total. The van der Waals surface area contributed by atoms with Crippen LogP contribution in [0, 0.1) is 27.7 Å². The molecule has 114 valence electrons. The molecule has 1 aromatic rings. The molecule has 0 saturated carbocycles. The predicted octanol–water partition coefficient (Wildman–Crippen LogP) is 3.95. The number of rotatable bonds is 1. The van der Waals surface area contributed by atoms with E-state index in [0.29, 0.717) is 6.04 Å². The summed E-state index contributed by atoms with van der Waals surface area (Å²) in [5.41, 5.74) is 9.29. The number of nitrogens with zero attached hydrogens (tertiary/aromatic N) is 1. The highest BCUT2D eigenvalue weighted by atomic mass is 15.0. The minimum absolute atomic E-state index is 0.511. The second-order valence-electron chi connectivity index (χ2n) is 6.79. The third-order valence-electron chi connectivity index (χ3n) is 5.67. The maximum atomic E-state index is 4.99. The van der Waals surface area contributed by atoms with Crippen LogP contribution in [0.15, 0.2) is 4.99 Å². The lowest BCUT2D eigenvalue weighted by molar-refractivity contribution is 0.589. The normalized spacial score (nSPS) is 21.2. The van der Waals surface area contributed by atoms with Crippen molar-refractivity contribution >= 4 is 5.84 Å². The van der Waals surface area contributed by atoms with E-state index in [0.717, 1.165) is 13.0 Å². The fourth-order valence-corrected chi connectivity index (χ4v) is 3.95. The van der Waals surface area contributed by atoms with E-state index in [2.05, 4.69) is 33.0 Å². The predicted molar refractivity (Wildman–Crippen MR) is 90.5 cm³/mol. The third-order valence-corrected chi connectivity index (χ3v) is 5.67. The number of hydrogen-bond acceptors (Lipinski definition) is 1. The second-order valence-corrected chi connectivity index (χ2v) is 6.79. The first-order valence-corrected chi connectivity index (χ1v) is 8.46. The molecule has 0 aromatic heterocycles. The molecule has 1 fully saturated rings. The first-order valence-electron chi connectivity index (χ1n) is 8.46. The van der Waals surface area contributed by atoms with Gasteiger partial charge in [0.1, 0.15) is 0 Å². The van der Waals surface area contributed by atoms with Crippen molar-refractivity contribution in [1.29, 1.82) is 0 Å². The molecule has 21 heavy (non-hydrogen) atoms. The molecule has 1 N–H and O–H groups in total. The minimum atomic E-state index is 0.511. The Labute approximate surface area is 129 Å². The summed E-state index contributed by atoms with van der Waals surface area (Å²) in [6.07, 6.45) is 7.22. The quantitative estimate of drug-likeness (QED) is 0.776. The van der Waals surface area contributed by atoms with Crippen molar-refractivity contribution in [3.63, 3.8) is 0 Å². The van der Waals surface area contributed by atoms with Gasteiger partial charge < -0.3 is 5.32 Å². The molecule has 3 rings (SSSR count). The van der Waals surface area contributed by atoms with E-state index < -0.39 is 0 Å². The van der Waals surface area contributed by atoms with Crippen molar-refractivity contribution in [2.75, 3.05) is 6.54 Å². The SMILES string of the molecule is Cc1c(C)c(C)c2c(c1C)CCC(/N=C1/CCCN1)CC2. The van der Waals surface area contributed by atoms with Gasteiger partial charge in [0.25, 0.3) is 0 Å². The summed E-state index contributed by atoms with van der Waals surface area (Å²) in [5, 5.41) is 3.44. The summed E-state index contributed by atoms with van der Waals surface area (Å²) < 4.78 is 0. The molecule has 0 spiro atoms. The van der Waals surface area contributed by atoms with E-state index in [9.17, 15) is 0 Å². The van der Waals surface area contributed by atoms with Gasteiger partial charge in [0.2, 0.25) is 0 Å². The third kappa shape index (κ3) is 2.73. The Kier molecular flexibility index (Phi) is 4.05. The van der Waals surface area contributed by atoms with E-state index in [1.165, 1.54) is 60.2 Å². The molecule has 1 aromatic carbocycles. The first kappa shape index (κ1) is 14.6. The van der Waals surface area contributed by atoms with Gasteiger partial charge in [-0.3, -0.25) is 4.99 Å². The van der Waals surface area contributed by atoms with Crippen LogP contribution < -0.4 is 5.32 Å². The van der Waals surface area contributed by atoms with Gasteiger partial charge >= 0.3 is 0 Å². The topological polar surface area (TPSA) is 24.4 Å². The van der Waals surface area contributed by atoms with Crippen molar-refractivity contribution < 1.29 is 0 Å². The van der Waals surface area contributed by atoms with Crippen LogP contribution in [0.5, 0.6) is 0 Å². The van der Waals surface area contributed by atoms with Crippen LogP contribution in [-0.4, -0.2) is 18.4 Å². The van der Waals surface area contributed by atoms with E-state index in [1.54, 1.807) is 11.1 Å². The summed E-state index contributed by atoms with van der Waals surface area (Å²) in [6, 6.07) is 0.511. The van der Waals surface area contributed by atoms with Crippen molar-refractivity contribution in [3.8, 4) is 0 Å². The van der Waals surface area contributed by atoms with Gasteiger partial charge in [-0.05, 0) is 93.2 Å². The summed E-state index contributed by atoms with van der Waals surface area (Å²) >= 11 is 0. The van der Waals surface area contributed by atoms with Gasteiger partial charge in [-0.15, -0.1) is 0 Å². The van der Waals surface area contributed by atoms with Crippen LogP contribution >= 0.6 is 0 Å². The van der Waals surface area contributed by atoms with Crippen LogP contribution in [0.25, 0.3) is 0 Å². The minimum Gasteiger partial charge on any atom is -0.374 e. The Bertz CT molecular complexity index is 537. The van der Waals surface area contributed by atoms with Crippen LogP contribution in [0.1, 0.15) is 59.1 Å². The average molecular weight is 284 g/mol. The zero-order valence-corrected chi connectivity index (χ0v) is 14.0. The molecular formula is C19H28N2. The molecule has 0 amide bonds. The molecular weight excluding hydrogens is 256 g/mol. The summed E-state index contributed by atoms with van der Waals surface area (Å²) in [7, 11) is 0. The highest BCUT2D eigenvalue weighted by Gasteiger charge is 2.21. The van der Waals surface area contributed by atoms with Crippen LogP contribution in [-0.2, 0) is 12.8 Å². The maximum absolute atomic E-state index is 4.99. The molecule has 1 aliphatic carbocycles. The number of hydrogen-bond donors (Lipinski definition) is 1. The number of benzene rings is 1. The van der Waals surface area contributed by atoms with Gasteiger partial charge in [-0.25, -0.2) is 0 Å². The van der Waals surface area contributed by atoms with E-state index in [-0.39, 0.29) is 0 Å². The Balaban J connectivity index is 1.87. The standard InChI is InChI=1S/C19H28N2/c1-12-13(2)15(4)18-10-8-16(7-9-17(18)14(12)3)21-19-6-5-11-20-19/h16H,5-11H2,1-4H3,(H,20,21). The summed E-state index contributed by atoms with van der Waals surface area (Å²) in [6.45, 7) is 10.3. The largest absolute Gasteiger partial charge is 0.374 e. The van der Waals surface area contributed by atoms with Crippen molar-refractivity contribution in [3.05, 3.63) is 33.4 Å². The first-order chi connectivity index (χ1) is 10.1. The Morgan fingerprint density at radius 3 is 1.86 bits per heavy atom. The van der Waals surface area contributed by atoms with E-state index in [1.807, 2.05) is 0 Å². The smallest absolute Gasteiger partial charge is 0.0967 e. The zero-order valence-electron chi connectivity index (χ0n) is 14.0. The van der Waals surface area contributed by atoms with E-state index in [4.69, 9.17) is 4.99 Å². The van der Waals surface area contributed by atoms with Gasteiger partial charge in [0.15, 0.2) is 0 Å². The second kappa shape index (κ2) is 5.82. The van der Waals surface area contributed by atoms with Crippen LogP contribution in [0.2, 0.25) is 0 Å². The van der Waals surface area contributed by atoms with Gasteiger partial charge in [-0.1, -0.05) is 0 Å². The Morgan fingerprint density at radius 2 is 1.38 bits per heavy atom. The summed E-state index contributed by atoms with van der Waals surface area (Å²) in [4.78, 5) is 4.99. The fourth-order valence-electron chi connectivity index (χ4n) is 3.95. The number of aliphatic imine (C=N–C) groups is 1. The molecule has 2 heteroatoms. The van der Waals surface area contributed by atoms with E-state index >= 15 is 0 Å². The molecule has 0 unspecified atom stereocenters. The molecule has 1 heterocycles. The Morgan fingerprint density at radius 1 is 0.810 bits per heavy atom. The van der Waals surface area contributed by atoms with Crippen LogP contribution in [0.4, 0.5) is 0 Å². The number of amidine groups is 1. The number of nitrogens with one attached hydrogen (secondary N) is 1. The lowest BCUT2D eigenvalue weighted by Gasteiger charge is -2.19. The Hall–Kier alpha value is -1.31. The monoisotopic (exact) mass is 284 g/mol. The summed E-state index contributed by atoms with van der Waals surface area (Å²) in [5.74, 6) is 1.26. The molecule has 1 saturated heterocycles. The lowest BCUT2D eigenvalue weighted by Crippen LogP contribution is -2.18. The highest BCUT2D eigenvalue weighted by Crippen LogP contribution is 2.32. The lowest BCUT2D eigenvalue weighted by atomic mass is 9.87. The molecule has 0 radical (unpaired) electrons. The van der Waals surface area contributed by atoms with Gasteiger partial charge in [0.05, 0.1) is 11.9 Å². The molecule has 0 bridgehead atoms. The number of fused-ring (bicyclic) bond motifs is 1. The molecule has 0 atom stereocenters.